The first-order chi connectivity index (χ1) is 15.8. The molecule has 1 atom stereocenters. The van der Waals surface area contributed by atoms with E-state index in [1.807, 2.05) is 6.08 Å². The van der Waals surface area contributed by atoms with E-state index in [2.05, 4.69) is 25.4 Å². The number of hydrogen-bond acceptors (Lipinski definition) is 4. The lowest BCUT2D eigenvalue weighted by Crippen LogP contribution is -2.54. The van der Waals surface area contributed by atoms with E-state index < -0.39 is 11.6 Å². The molecule has 2 aliphatic rings. The summed E-state index contributed by atoms with van der Waals surface area (Å²) in [5, 5.41) is 12.9. The number of ether oxygens (including phenoxy) is 1. The van der Waals surface area contributed by atoms with Gasteiger partial charge in [0.15, 0.2) is 0 Å². The van der Waals surface area contributed by atoms with Crippen molar-refractivity contribution in [3.8, 4) is 0 Å². The van der Waals surface area contributed by atoms with Crippen LogP contribution in [0.5, 0.6) is 0 Å². The van der Waals surface area contributed by atoms with Gasteiger partial charge in [0.1, 0.15) is 6.61 Å². The first-order valence-corrected chi connectivity index (χ1v) is 11.8. The van der Waals surface area contributed by atoms with Gasteiger partial charge in [-0.05, 0) is 42.7 Å². The normalized spacial score (nSPS) is 20.0. The molecular formula is C26H35ClN2O4. The second-order valence-electron chi connectivity index (χ2n) is 8.40. The van der Waals surface area contributed by atoms with Gasteiger partial charge in [0, 0.05) is 18.1 Å². The number of morpholine rings is 1. The van der Waals surface area contributed by atoms with Crippen molar-refractivity contribution in [2.75, 3.05) is 26.2 Å². The molecule has 1 saturated carbocycles. The summed E-state index contributed by atoms with van der Waals surface area (Å²) in [6, 6.07) is 6.60. The maximum Gasteiger partial charge on any atom is 0.335 e. The Balaban J connectivity index is 0.00000118. The number of halogens is 1. The largest absolute Gasteiger partial charge is 0.478 e. The third-order valence-corrected chi connectivity index (χ3v) is 5.89. The minimum atomic E-state index is -0.967. The Morgan fingerprint density at radius 2 is 1.97 bits per heavy atom. The molecular weight excluding hydrogens is 440 g/mol. The van der Waals surface area contributed by atoms with E-state index in [9.17, 15) is 9.59 Å². The number of hydrogen-bond donors (Lipinski definition) is 2. The van der Waals surface area contributed by atoms with Gasteiger partial charge in [-0.25, -0.2) is 4.79 Å². The van der Waals surface area contributed by atoms with E-state index >= 15 is 0 Å². The van der Waals surface area contributed by atoms with Crippen LogP contribution in [0.1, 0.15) is 54.9 Å². The third-order valence-electron chi connectivity index (χ3n) is 5.65. The standard InChI is InChI=1S/C23H29ClN2O4.C3H6/c1-4-6-20(17(3)24)13-25-12-11-23(5-2)16-26(21(27)15-30-23)14-18-7-9-19(10-8-18)22(28)29;1-2-3-1/h4,6-10,25H,1,3,5,11-16H2,2H3,(H,28,29);1-3H2/b20-6-;. The zero-order valence-electron chi connectivity index (χ0n) is 19.4. The van der Waals surface area contributed by atoms with E-state index in [1.54, 1.807) is 35.2 Å². The average molecular weight is 475 g/mol. The molecule has 1 aliphatic heterocycles. The van der Waals surface area contributed by atoms with Gasteiger partial charge in [0.2, 0.25) is 5.91 Å². The number of carboxylic acid groups (broad SMARTS) is 1. The van der Waals surface area contributed by atoms with Crippen LogP contribution in [-0.4, -0.2) is 53.7 Å². The van der Waals surface area contributed by atoms with Gasteiger partial charge in [-0.3, -0.25) is 4.79 Å². The third kappa shape index (κ3) is 9.16. The average Bonchev–Trinajstić information content (AvgIpc) is 3.68. The van der Waals surface area contributed by atoms with Crippen molar-refractivity contribution in [3.05, 3.63) is 71.3 Å². The molecule has 0 spiro atoms. The number of nitrogens with one attached hydrogen (secondary N) is 1. The van der Waals surface area contributed by atoms with E-state index in [0.717, 1.165) is 24.0 Å². The van der Waals surface area contributed by atoms with E-state index in [0.29, 0.717) is 31.2 Å². The van der Waals surface area contributed by atoms with Crippen LogP contribution in [0.3, 0.4) is 0 Å². The van der Waals surface area contributed by atoms with Crippen LogP contribution < -0.4 is 5.32 Å². The van der Waals surface area contributed by atoms with Crippen molar-refractivity contribution < 1.29 is 19.4 Å². The Morgan fingerprint density at radius 3 is 2.48 bits per heavy atom. The highest BCUT2D eigenvalue weighted by molar-refractivity contribution is 6.31. The summed E-state index contributed by atoms with van der Waals surface area (Å²) in [5.41, 5.74) is 1.56. The molecule has 1 aliphatic carbocycles. The van der Waals surface area contributed by atoms with Crippen LogP contribution in [-0.2, 0) is 16.1 Å². The second kappa shape index (κ2) is 13.3. The molecule has 180 valence electrons. The van der Waals surface area contributed by atoms with Gasteiger partial charge in [-0.15, -0.1) is 0 Å². The van der Waals surface area contributed by atoms with E-state index in [1.165, 1.54) is 19.3 Å². The molecule has 1 unspecified atom stereocenters. The highest BCUT2D eigenvalue weighted by Gasteiger charge is 2.38. The van der Waals surface area contributed by atoms with Gasteiger partial charge in [0.05, 0.1) is 17.7 Å². The number of rotatable bonds is 11. The summed E-state index contributed by atoms with van der Waals surface area (Å²) in [5.74, 6) is -1.03. The fourth-order valence-electron chi connectivity index (χ4n) is 3.37. The Bertz CT molecular complexity index is 861. The molecule has 3 rings (SSSR count). The Hall–Kier alpha value is -2.41. The van der Waals surface area contributed by atoms with Crippen molar-refractivity contribution in [2.45, 2.75) is 51.2 Å². The van der Waals surface area contributed by atoms with E-state index in [-0.39, 0.29) is 18.1 Å². The fourth-order valence-corrected chi connectivity index (χ4v) is 3.50. The fraction of sp³-hybridized carbons (Fsp3) is 0.462. The molecule has 1 amide bonds. The minimum Gasteiger partial charge on any atom is -0.478 e. The van der Waals surface area contributed by atoms with Crippen LogP contribution in [0, 0.1) is 0 Å². The smallest absolute Gasteiger partial charge is 0.335 e. The molecule has 6 nitrogen and oxygen atoms in total. The molecule has 33 heavy (non-hydrogen) atoms. The summed E-state index contributed by atoms with van der Waals surface area (Å²) in [6.45, 7) is 11.7. The Morgan fingerprint density at radius 1 is 1.30 bits per heavy atom. The zero-order chi connectivity index (χ0) is 24.3. The topological polar surface area (TPSA) is 78.9 Å². The van der Waals surface area contributed by atoms with Crippen molar-refractivity contribution >= 4 is 23.5 Å². The molecule has 0 bridgehead atoms. The molecule has 2 N–H and O–H groups in total. The Kier molecular flexibility index (Phi) is 10.8. The van der Waals surface area contributed by atoms with Gasteiger partial charge in [-0.2, -0.15) is 0 Å². The summed E-state index contributed by atoms with van der Waals surface area (Å²) in [7, 11) is 0. The summed E-state index contributed by atoms with van der Waals surface area (Å²) < 4.78 is 5.96. The lowest BCUT2D eigenvalue weighted by Gasteiger charge is -2.42. The molecule has 1 aromatic carbocycles. The number of amides is 1. The van der Waals surface area contributed by atoms with Crippen LogP contribution in [0.15, 0.2) is 60.2 Å². The van der Waals surface area contributed by atoms with Gasteiger partial charge in [0.25, 0.3) is 0 Å². The molecule has 2 fully saturated rings. The zero-order valence-corrected chi connectivity index (χ0v) is 20.2. The molecule has 1 aromatic rings. The molecule has 1 heterocycles. The Labute approximate surface area is 201 Å². The number of benzene rings is 1. The quantitative estimate of drug-likeness (QED) is 0.352. The molecule has 1 saturated heterocycles. The van der Waals surface area contributed by atoms with Gasteiger partial charge < -0.3 is 20.1 Å². The summed E-state index contributed by atoms with van der Waals surface area (Å²) >= 11 is 5.99. The SMILES string of the molecule is C1CC1.C=C/C=C(/CNCCC1(CC)CN(Cc2ccc(C(=O)O)cc2)C(=O)CO1)C(=C)Cl. The van der Waals surface area contributed by atoms with Crippen molar-refractivity contribution in [1.82, 2.24) is 10.2 Å². The van der Waals surface area contributed by atoms with Gasteiger partial charge in [-0.1, -0.05) is 75.2 Å². The number of carbonyl (C=O) groups excluding carboxylic acids is 1. The predicted molar refractivity (Wildman–Crippen MR) is 132 cm³/mol. The number of nitrogens with zero attached hydrogens (tertiary/aromatic N) is 1. The second-order valence-corrected chi connectivity index (χ2v) is 8.85. The number of aromatic carboxylic acids is 1. The van der Waals surface area contributed by atoms with Crippen LogP contribution in [0.2, 0.25) is 0 Å². The highest BCUT2D eigenvalue weighted by Crippen LogP contribution is 2.27. The predicted octanol–water partition coefficient (Wildman–Crippen LogP) is 4.91. The molecule has 0 radical (unpaired) electrons. The first-order valence-electron chi connectivity index (χ1n) is 11.4. The van der Waals surface area contributed by atoms with Crippen LogP contribution in [0.4, 0.5) is 0 Å². The number of carboxylic acids is 1. The minimum absolute atomic E-state index is 0.0428. The van der Waals surface area contributed by atoms with Crippen LogP contribution >= 0.6 is 11.6 Å². The maximum atomic E-state index is 12.4. The first kappa shape index (κ1) is 26.8. The van der Waals surface area contributed by atoms with Crippen molar-refractivity contribution in [3.63, 3.8) is 0 Å². The lowest BCUT2D eigenvalue weighted by atomic mass is 9.93. The highest BCUT2D eigenvalue weighted by atomic mass is 35.5. The number of allylic oxidation sites excluding steroid dienone is 2. The van der Waals surface area contributed by atoms with E-state index in [4.69, 9.17) is 21.4 Å². The lowest BCUT2D eigenvalue weighted by molar-refractivity contribution is -0.166. The van der Waals surface area contributed by atoms with Crippen LogP contribution in [0.25, 0.3) is 0 Å². The molecule has 0 aromatic heterocycles. The van der Waals surface area contributed by atoms with Crippen molar-refractivity contribution in [2.24, 2.45) is 0 Å². The number of carbonyl (C=O) groups is 2. The monoisotopic (exact) mass is 474 g/mol. The van der Waals surface area contributed by atoms with Gasteiger partial charge >= 0.3 is 5.97 Å². The van der Waals surface area contributed by atoms with Crippen molar-refractivity contribution in [1.29, 1.82) is 0 Å². The summed E-state index contributed by atoms with van der Waals surface area (Å²) in [4.78, 5) is 25.2. The maximum absolute atomic E-state index is 12.4. The summed E-state index contributed by atoms with van der Waals surface area (Å²) in [6.07, 6.45) is 9.51. The molecule has 7 heteroatoms.